The molecule has 0 fully saturated rings. The lowest BCUT2D eigenvalue weighted by Gasteiger charge is -2.14. The highest BCUT2D eigenvalue weighted by atomic mass is 16.5. The Kier molecular flexibility index (Phi) is 5.43. The van der Waals surface area contributed by atoms with Crippen molar-refractivity contribution in [3.8, 4) is 11.6 Å². The molecule has 1 aliphatic rings. The maximum Gasteiger partial charge on any atom is 0.492 e. The van der Waals surface area contributed by atoms with E-state index >= 15 is 0 Å². The van der Waals surface area contributed by atoms with Crippen LogP contribution in [-0.2, 0) is 14.2 Å². The van der Waals surface area contributed by atoms with Gasteiger partial charge in [-0.15, -0.1) is 0 Å². The lowest BCUT2D eigenvalue weighted by atomic mass is 9.77. The van der Waals surface area contributed by atoms with Crippen LogP contribution in [0.2, 0.25) is 0 Å². The van der Waals surface area contributed by atoms with Gasteiger partial charge in [0.05, 0.1) is 19.1 Å². The molecule has 0 saturated heterocycles. The molecule has 0 aliphatic carbocycles. The molecule has 2 heterocycles. The minimum absolute atomic E-state index is 0.0289. The van der Waals surface area contributed by atoms with Crippen LogP contribution in [-0.4, -0.2) is 35.5 Å². The van der Waals surface area contributed by atoms with Gasteiger partial charge in [-0.25, -0.2) is 4.98 Å². The van der Waals surface area contributed by atoms with Crippen LogP contribution < -0.4 is 15.9 Å². The fourth-order valence-electron chi connectivity index (χ4n) is 3.07. The van der Waals surface area contributed by atoms with Gasteiger partial charge in [-0.3, -0.25) is 10.2 Å². The molecule has 0 radical (unpaired) electrons. The maximum absolute atomic E-state index is 11.8. The van der Waals surface area contributed by atoms with E-state index in [1.54, 1.807) is 31.2 Å². The Hall–Kier alpha value is -2.91. The number of aromatic nitrogens is 1. The average molecular weight is 369 g/mol. The number of aryl methyl sites for hydroxylation is 1. The Bertz CT molecular complexity index is 889. The van der Waals surface area contributed by atoms with E-state index in [1.165, 1.54) is 6.20 Å². The summed E-state index contributed by atoms with van der Waals surface area (Å²) < 4.78 is 16.2. The van der Waals surface area contributed by atoms with Gasteiger partial charge in [-0.1, -0.05) is 0 Å². The molecule has 3 rings (SSSR count). The van der Waals surface area contributed by atoms with Gasteiger partial charge in [-0.05, 0) is 48.6 Å². The Labute approximate surface area is 156 Å². The van der Waals surface area contributed by atoms with Gasteiger partial charge in [-0.2, -0.15) is 0 Å². The average Bonchev–Trinajstić information content (AvgIpc) is 2.91. The Morgan fingerprint density at radius 2 is 2.22 bits per heavy atom. The topological polar surface area (TPSA) is 128 Å². The number of nitrogens with one attached hydrogen (secondary N) is 1. The molecule has 2 aromatic rings. The highest BCUT2D eigenvalue weighted by Crippen LogP contribution is 2.33. The number of nitrogen functional groups attached to an aromatic ring is 1. The molecule has 0 bridgehead atoms. The monoisotopic (exact) mass is 369 g/mol. The van der Waals surface area contributed by atoms with Crippen LogP contribution in [0.4, 0.5) is 0 Å². The van der Waals surface area contributed by atoms with E-state index in [4.69, 9.17) is 25.3 Å². The molecule has 1 aromatic carbocycles. The van der Waals surface area contributed by atoms with Crippen molar-refractivity contribution in [2.45, 2.75) is 26.4 Å². The van der Waals surface area contributed by atoms with Gasteiger partial charge < -0.3 is 24.9 Å². The maximum atomic E-state index is 11.8. The predicted molar refractivity (Wildman–Crippen MR) is 99.2 cm³/mol. The van der Waals surface area contributed by atoms with Crippen molar-refractivity contribution in [3.63, 3.8) is 0 Å². The van der Waals surface area contributed by atoms with E-state index in [2.05, 4.69) is 4.98 Å². The first-order valence-electron chi connectivity index (χ1n) is 8.51. The predicted octanol–water partition coefficient (Wildman–Crippen LogP) is 1.18. The van der Waals surface area contributed by atoms with Crippen molar-refractivity contribution < 1.29 is 23.9 Å². The van der Waals surface area contributed by atoms with Crippen molar-refractivity contribution in [1.29, 1.82) is 5.41 Å². The lowest BCUT2D eigenvalue weighted by Crippen LogP contribution is -2.28. The molecule has 1 unspecified atom stereocenters. The summed E-state index contributed by atoms with van der Waals surface area (Å²) in [5.74, 6) is 0.267. The molecule has 0 spiro atoms. The zero-order valence-electron chi connectivity index (χ0n) is 15.1. The standard InChI is InChI=1S/C18H20BN3O5/c1-3-25-16(23)9-14-17-10(2)6-12(8-13(17)19(24)27-14)26-15-7-11(18(20)21)4-5-22-15/h4-8,14,24H,3,9H2,1-2H3,(H3,20,21). The Morgan fingerprint density at radius 1 is 1.44 bits per heavy atom. The number of benzene rings is 1. The van der Waals surface area contributed by atoms with Crippen LogP contribution in [0, 0.1) is 12.3 Å². The summed E-state index contributed by atoms with van der Waals surface area (Å²) in [5, 5.41) is 17.7. The van der Waals surface area contributed by atoms with Crippen molar-refractivity contribution in [2.24, 2.45) is 5.73 Å². The number of nitrogens with zero attached hydrogens (tertiary/aromatic N) is 1. The van der Waals surface area contributed by atoms with E-state index in [1.807, 2.05) is 6.92 Å². The molecule has 140 valence electrons. The molecule has 4 N–H and O–H groups in total. The summed E-state index contributed by atoms with van der Waals surface area (Å²) in [7, 11) is -1.15. The second-order valence-electron chi connectivity index (χ2n) is 6.13. The third-order valence-electron chi connectivity index (χ3n) is 4.20. The first kappa shape index (κ1) is 18.9. The SMILES string of the molecule is CCOC(=O)CC1OB(O)c2cc(Oc3cc(C(=N)N)ccn3)cc(C)c21. The Balaban J connectivity index is 1.86. The van der Waals surface area contributed by atoms with Crippen molar-refractivity contribution in [2.75, 3.05) is 6.61 Å². The van der Waals surface area contributed by atoms with E-state index in [-0.39, 0.29) is 24.1 Å². The summed E-state index contributed by atoms with van der Waals surface area (Å²) in [4.78, 5) is 15.9. The molecule has 1 aliphatic heterocycles. The van der Waals surface area contributed by atoms with E-state index in [0.717, 1.165) is 11.1 Å². The van der Waals surface area contributed by atoms with Gasteiger partial charge in [0.15, 0.2) is 0 Å². The first-order valence-corrected chi connectivity index (χ1v) is 8.51. The zero-order chi connectivity index (χ0) is 19.6. The molecule has 1 aromatic heterocycles. The number of carbonyl (C=O) groups is 1. The number of pyridine rings is 1. The quantitative estimate of drug-likeness (QED) is 0.302. The van der Waals surface area contributed by atoms with Crippen molar-refractivity contribution in [3.05, 3.63) is 47.2 Å². The molecule has 0 saturated carbocycles. The number of hydrogen-bond donors (Lipinski definition) is 3. The molecule has 8 nitrogen and oxygen atoms in total. The van der Waals surface area contributed by atoms with E-state index in [0.29, 0.717) is 23.4 Å². The number of nitrogens with two attached hydrogens (primary N) is 1. The minimum Gasteiger partial charge on any atom is -0.466 e. The number of ether oxygens (including phenoxy) is 2. The smallest absolute Gasteiger partial charge is 0.466 e. The summed E-state index contributed by atoms with van der Waals surface area (Å²) in [6.07, 6.45) is 0.961. The second kappa shape index (κ2) is 7.77. The number of carbonyl (C=O) groups excluding carboxylic acids is 1. The first-order chi connectivity index (χ1) is 12.9. The number of hydrogen-bond acceptors (Lipinski definition) is 7. The molecule has 27 heavy (non-hydrogen) atoms. The fourth-order valence-corrected chi connectivity index (χ4v) is 3.07. The third-order valence-corrected chi connectivity index (χ3v) is 4.20. The summed E-state index contributed by atoms with van der Waals surface area (Å²) >= 11 is 0. The van der Waals surface area contributed by atoms with Gasteiger partial charge in [0.2, 0.25) is 5.88 Å². The molecular formula is C18H20BN3O5. The van der Waals surface area contributed by atoms with Crippen molar-refractivity contribution in [1.82, 2.24) is 4.98 Å². The normalized spacial score (nSPS) is 15.4. The van der Waals surface area contributed by atoms with Crippen LogP contribution in [0.25, 0.3) is 0 Å². The van der Waals surface area contributed by atoms with Gasteiger partial charge >= 0.3 is 13.1 Å². The molecule has 0 amide bonds. The van der Waals surface area contributed by atoms with Crippen LogP contribution >= 0.6 is 0 Å². The molecule has 9 heteroatoms. The lowest BCUT2D eigenvalue weighted by molar-refractivity contribution is -0.145. The minimum atomic E-state index is -1.15. The Morgan fingerprint density at radius 3 is 2.93 bits per heavy atom. The summed E-state index contributed by atoms with van der Waals surface area (Å²) in [5.41, 5.74) is 8.09. The number of amidine groups is 1. The van der Waals surface area contributed by atoms with Gasteiger partial charge in [0.1, 0.15) is 11.6 Å². The van der Waals surface area contributed by atoms with Crippen LogP contribution in [0.1, 0.15) is 36.1 Å². The highest BCUT2D eigenvalue weighted by Gasteiger charge is 2.38. The fraction of sp³-hybridized carbons (Fsp3) is 0.278. The molecular weight excluding hydrogens is 349 g/mol. The highest BCUT2D eigenvalue weighted by molar-refractivity contribution is 6.62. The van der Waals surface area contributed by atoms with Crippen LogP contribution in [0.15, 0.2) is 30.5 Å². The number of rotatable bonds is 6. The van der Waals surface area contributed by atoms with Gasteiger partial charge in [0, 0.05) is 17.8 Å². The van der Waals surface area contributed by atoms with Crippen LogP contribution in [0.5, 0.6) is 11.6 Å². The van der Waals surface area contributed by atoms with Crippen LogP contribution in [0.3, 0.4) is 0 Å². The second-order valence-corrected chi connectivity index (χ2v) is 6.13. The van der Waals surface area contributed by atoms with E-state index < -0.39 is 13.2 Å². The largest absolute Gasteiger partial charge is 0.492 e. The molecule has 1 atom stereocenters. The summed E-state index contributed by atoms with van der Waals surface area (Å²) in [6, 6.07) is 6.60. The van der Waals surface area contributed by atoms with Crippen molar-refractivity contribution >= 4 is 24.4 Å². The number of esters is 1. The summed E-state index contributed by atoms with van der Waals surface area (Å²) in [6.45, 7) is 3.88. The zero-order valence-corrected chi connectivity index (χ0v) is 15.1. The van der Waals surface area contributed by atoms with Gasteiger partial charge in [0.25, 0.3) is 0 Å². The van der Waals surface area contributed by atoms with E-state index in [9.17, 15) is 9.82 Å². The number of fused-ring (bicyclic) bond motifs is 1. The third kappa shape index (κ3) is 4.10.